The number of ether oxygens (including phenoxy) is 1. The molecule has 1 aliphatic heterocycles. The molecule has 0 bridgehead atoms. The molecular formula is C13H25NO2. The number of carbonyl (C=O) groups excluding carboxylic acids is 1. The first-order valence-corrected chi connectivity index (χ1v) is 6.26. The summed E-state index contributed by atoms with van der Waals surface area (Å²) >= 11 is 0. The second-order valence-corrected chi connectivity index (χ2v) is 5.94. The highest BCUT2D eigenvalue weighted by atomic mass is 16.5. The van der Waals surface area contributed by atoms with Crippen molar-refractivity contribution in [1.82, 2.24) is 4.90 Å². The van der Waals surface area contributed by atoms with E-state index in [1.54, 1.807) is 0 Å². The third-order valence-corrected chi connectivity index (χ3v) is 3.06. The van der Waals surface area contributed by atoms with Crippen molar-refractivity contribution in [3.05, 3.63) is 0 Å². The van der Waals surface area contributed by atoms with Gasteiger partial charge in [0.05, 0.1) is 12.0 Å². The number of hydrogen-bond donors (Lipinski definition) is 0. The normalized spacial score (nSPS) is 23.5. The molecule has 3 heteroatoms. The van der Waals surface area contributed by atoms with Gasteiger partial charge in [0.25, 0.3) is 0 Å². The molecule has 1 saturated heterocycles. The van der Waals surface area contributed by atoms with Crippen molar-refractivity contribution in [1.29, 1.82) is 0 Å². The number of carbonyl (C=O) groups is 1. The van der Waals surface area contributed by atoms with Crippen molar-refractivity contribution < 1.29 is 9.53 Å². The molecule has 1 unspecified atom stereocenters. The number of esters is 1. The van der Waals surface area contributed by atoms with Crippen LogP contribution in [0.15, 0.2) is 0 Å². The predicted molar refractivity (Wildman–Crippen MR) is 65.3 cm³/mol. The summed E-state index contributed by atoms with van der Waals surface area (Å²) < 4.78 is 5.29. The zero-order valence-electron chi connectivity index (χ0n) is 11.2. The molecule has 0 radical (unpaired) electrons. The molecular weight excluding hydrogens is 202 g/mol. The third-order valence-electron chi connectivity index (χ3n) is 3.06. The smallest absolute Gasteiger partial charge is 0.310 e. The maximum absolute atomic E-state index is 11.8. The van der Waals surface area contributed by atoms with Gasteiger partial charge in [-0.2, -0.15) is 0 Å². The summed E-state index contributed by atoms with van der Waals surface area (Å²) in [4.78, 5) is 14.2. The van der Waals surface area contributed by atoms with E-state index in [1.165, 1.54) is 0 Å². The Morgan fingerprint density at radius 3 is 2.50 bits per heavy atom. The van der Waals surface area contributed by atoms with E-state index >= 15 is 0 Å². The minimum absolute atomic E-state index is 0.00230. The van der Waals surface area contributed by atoms with Gasteiger partial charge in [-0.15, -0.1) is 0 Å². The molecule has 3 nitrogen and oxygen atoms in total. The average molecular weight is 227 g/mol. The lowest BCUT2D eigenvalue weighted by molar-refractivity contribution is -0.155. The number of hydrogen-bond acceptors (Lipinski definition) is 3. The van der Waals surface area contributed by atoms with Gasteiger partial charge >= 0.3 is 5.97 Å². The van der Waals surface area contributed by atoms with Gasteiger partial charge in [-0.1, -0.05) is 0 Å². The van der Waals surface area contributed by atoms with Gasteiger partial charge in [0.15, 0.2) is 0 Å². The maximum atomic E-state index is 11.8. The minimum atomic E-state index is -0.0241. The second-order valence-electron chi connectivity index (χ2n) is 5.94. The lowest BCUT2D eigenvalue weighted by Gasteiger charge is -2.40. The fraction of sp³-hybridized carbons (Fsp3) is 0.923. The lowest BCUT2D eigenvalue weighted by Crippen LogP contribution is -2.49. The molecule has 1 rings (SSSR count). The number of rotatable bonds is 2. The molecule has 16 heavy (non-hydrogen) atoms. The van der Waals surface area contributed by atoms with Crippen LogP contribution in [-0.2, 0) is 9.53 Å². The summed E-state index contributed by atoms with van der Waals surface area (Å²) in [6.45, 7) is 12.3. The van der Waals surface area contributed by atoms with Crippen molar-refractivity contribution in [2.24, 2.45) is 5.92 Å². The summed E-state index contributed by atoms with van der Waals surface area (Å²) in [5, 5.41) is 0. The highest BCUT2D eigenvalue weighted by Crippen LogP contribution is 2.24. The fourth-order valence-electron chi connectivity index (χ4n) is 2.11. The van der Waals surface area contributed by atoms with Gasteiger partial charge in [0.2, 0.25) is 0 Å². The van der Waals surface area contributed by atoms with Crippen molar-refractivity contribution in [2.75, 3.05) is 13.1 Å². The second kappa shape index (κ2) is 5.17. The van der Waals surface area contributed by atoms with Gasteiger partial charge in [-0.3, -0.25) is 9.69 Å². The molecule has 1 atom stereocenters. The van der Waals surface area contributed by atoms with Crippen LogP contribution in [0.25, 0.3) is 0 Å². The Kier molecular flexibility index (Phi) is 4.36. The summed E-state index contributed by atoms with van der Waals surface area (Å²) in [5.74, 6) is 0.0410. The van der Waals surface area contributed by atoms with E-state index in [0.717, 1.165) is 25.9 Å². The molecule has 0 aliphatic carbocycles. The molecule has 0 amide bonds. The van der Waals surface area contributed by atoms with Crippen molar-refractivity contribution >= 4 is 5.97 Å². The van der Waals surface area contributed by atoms with E-state index < -0.39 is 0 Å². The van der Waals surface area contributed by atoms with Crippen LogP contribution in [0.1, 0.15) is 47.5 Å². The van der Waals surface area contributed by atoms with Crippen LogP contribution in [0, 0.1) is 5.92 Å². The topological polar surface area (TPSA) is 29.5 Å². The highest BCUT2D eigenvalue weighted by Gasteiger charge is 2.32. The van der Waals surface area contributed by atoms with E-state index in [4.69, 9.17) is 4.74 Å². The van der Waals surface area contributed by atoms with Crippen LogP contribution in [-0.4, -0.2) is 35.6 Å². The number of likely N-dealkylation sites (tertiary alicyclic amines) is 1. The van der Waals surface area contributed by atoms with Crippen LogP contribution in [0.2, 0.25) is 0 Å². The summed E-state index contributed by atoms with van der Waals surface area (Å²) in [6, 6.07) is 0. The van der Waals surface area contributed by atoms with E-state index in [0.29, 0.717) is 0 Å². The summed E-state index contributed by atoms with van der Waals surface area (Å²) in [7, 11) is 0. The highest BCUT2D eigenvalue weighted by molar-refractivity contribution is 5.73. The lowest BCUT2D eigenvalue weighted by atomic mass is 9.93. The van der Waals surface area contributed by atoms with Crippen LogP contribution < -0.4 is 0 Å². The zero-order chi connectivity index (χ0) is 12.3. The molecule has 1 heterocycles. The summed E-state index contributed by atoms with van der Waals surface area (Å²) in [6.07, 6.45) is 2.06. The Balaban J connectivity index is 2.54. The molecule has 0 spiro atoms. The van der Waals surface area contributed by atoms with E-state index in [2.05, 4.69) is 25.7 Å². The number of nitrogens with zero attached hydrogens (tertiary/aromatic N) is 1. The Morgan fingerprint density at radius 2 is 2.00 bits per heavy atom. The first-order valence-electron chi connectivity index (χ1n) is 6.26. The number of piperidine rings is 1. The Labute approximate surface area is 99.1 Å². The van der Waals surface area contributed by atoms with Crippen LogP contribution >= 0.6 is 0 Å². The molecule has 0 saturated carbocycles. The Morgan fingerprint density at radius 1 is 1.38 bits per heavy atom. The van der Waals surface area contributed by atoms with E-state index in [9.17, 15) is 4.79 Å². The van der Waals surface area contributed by atoms with E-state index in [-0.39, 0.29) is 23.5 Å². The molecule has 94 valence electrons. The third kappa shape index (κ3) is 3.78. The monoisotopic (exact) mass is 227 g/mol. The van der Waals surface area contributed by atoms with Gasteiger partial charge in [0, 0.05) is 12.1 Å². The van der Waals surface area contributed by atoms with Gasteiger partial charge in [0.1, 0.15) is 0 Å². The average Bonchev–Trinajstić information content (AvgIpc) is 2.15. The molecule has 0 aromatic heterocycles. The molecule has 1 fully saturated rings. The fourth-order valence-corrected chi connectivity index (χ4v) is 2.11. The molecule has 1 aliphatic rings. The van der Waals surface area contributed by atoms with Crippen molar-refractivity contribution in [3.8, 4) is 0 Å². The first kappa shape index (κ1) is 13.5. The van der Waals surface area contributed by atoms with Crippen molar-refractivity contribution in [3.63, 3.8) is 0 Å². The zero-order valence-corrected chi connectivity index (χ0v) is 11.2. The van der Waals surface area contributed by atoms with Crippen LogP contribution in [0.5, 0.6) is 0 Å². The molecule has 0 N–H and O–H groups in total. The SMILES string of the molecule is CC(C)OC(=O)C1CCCN(C(C)(C)C)C1. The van der Waals surface area contributed by atoms with Gasteiger partial charge in [-0.25, -0.2) is 0 Å². The minimum Gasteiger partial charge on any atom is -0.463 e. The quantitative estimate of drug-likeness (QED) is 0.679. The van der Waals surface area contributed by atoms with Crippen LogP contribution in [0.4, 0.5) is 0 Å². The van der Waals surface area contributed by atoms with E-state index in [1.807, 2.05) is 13.8 Å². The van der Waals surface area contributed by atoms with Crippen molar-refractivity contribution in [2.45, 2.75) is 59.1 Å². The standard InChI is InChI=1S/C13H25NO2/c1-10(2)16-12(15)11-7-6-8-14(9-11)13(3,4)5/h10-11H,6-9H2,1-5H3. The van der Waals surface area contributed by atoms with Crippen LogP contribution in [0.3, 0.4) is 0 Å². The molecule has 0 aromatic carbocycles. The summed E-state index contributed by atoms with van der Waals surface area (Å²) in [5.41, 5.74) is 0.150. The van der Waals surface area contributed by atoms with Gasteiger partial charge < -0.3 is 4.74 Å². The maximum Gasteiger partial charge on any atom is 0.310 e. The molecule has 0 aromatic rings. The Bertz CT molecular complexity index is 243. The first-order chi connectivity index (χ1) is 7.30. The largest absolute Gasteiger partial charge is 0.463 e. The predicted octanol–water partition coefficient (Wildman–Crippen LogP) is 2.45. The van der Waals surface area contributed by atoms with Gasteiger partial charge in [-0.05, 0) is 54.0 Å². The Hall–Kier alpha value is -0.570.